The van der Waals surface area contributed by atoms with Gasteiger partial charge in [0.2, 0.25) is 0 Å². The molecule has 0 saturated heterocycles. The molecule has 0 atom stereocenters. The van der Waals surface area contributed by atoms with Crippen molar-refractivity contribution < 1.29 is 4.79 Å². The first-order chi connectivity index (χ1) is 6.86. The van der Waals surface area contributed by atoms with E-state index < -0.39 is 0 Å². The predicted molar refractivity (Wildman–Crippen MR) is 62.4 cm³/mol. The minimum atomic E-state index is 0. The monoisotopic (exact) mass is 225 g/mol. The van der Waals surface area contributed by atoms with Crippen molar-refractivity contribution in [1.82, 2.24) is 4.98 Å². The van der Waals surface area contributed by atoms with Gasteiger partial charge in [0.05, 0.1) is 0 Å². The Labute approximate surface area is 96.5 Å². The Kier molecular flexibility index (Phi) is 4.76. The summed E-state index contributed by atoms with van der Waals surface area (Å²) < 4.78 is 0. The zero-order valence-electron chi connectivity index (χ0n) is 8.69. The SMILES string of the molecule is Cl.O=C(CC1CCCC1)c1cccnc1. The van der Waals surface area contributed by atoms with Crippen molar-refractivity contribution in [3.63, 3.8) is 0 Å². The largest absolute Gasteiger partial charge is 0.294 e. The number of halogens is 1. The summed E-state index contributed by atoms with van der Waals surface area (Å²) >= 11 is 0. The molecule has 0 aliphatic heterocycles. The molecule has 2 rings (SSSR count). The van der Waals surface area contributed by atoms with Crippen molar-refractivity contribution in [1.29, 1.82) is 0 Å². The number of Topliss-reactive ketones (excluding diaryl/α,β-unsaturated/α-hetero) is 1. The molecule has 0 N–H and O–H groups in total. The third-order valence-corrected chi connectivity index (χ3v) is 2.93. The molecule has 1 aromatic rings. The van der Waals surface area contributed by atoms with Gasteiger partial charge in [0.25, 0.3) is 0 Å². The fourth-order valence-corrected chi connectivity index (χ4v) is 2.12. The first-order valence-electron chi connectivity index (χ1n) is 5.29. The van der Waals surface area contributed by atoms with E-state index in [0.717, 1.165) is 5.56 Å². The molecule has 1 heterocycles. The lowest BCUT2D eigenvalue weighted by molar-refractivity contribution is 0.0962. The maximum atomic E-state index is 11.8. The van der Waals surface area contributed by atoms with E-state index in [2.05, 4.69) is 4.98 Å². The van der Waals surface area contributed by atoms with Crippen LogP contribution in [-0.4, -0.2) is 10.8 Å². The fourth-order valence-electron chi connectivity index (χ4n) is 2.12. The number of hydrogen-bond donors (Lipinski definition) is 0. The number of carbonyl (C=O) groups excluding carboxylic acids is 1. The second-order valence-corrected chi connectivity index (χ2v) is 4.02. The summed E-state index contributed by atoms with van der Waals surface area (Å²) in [5.74, 6) is 0.882. The topological polar surface area (TPSA) is 30.0 Å². The highest BCUT2D eigenvalue weighted by Gasteiger charge is 2.18. The predicted octanol–water partition coefficient (Wildman–Crippen LogP) is 3.27. The quantitative estimate of drug-likeness (QED) is 0.739. The lowest BCUT2D eigenvalue weighted by Crippen LogP contribution is -2.05. The molecule has 1 fully saturated rings. The Balaban J connectivity index is 0.00000112. The standard InChI is InChI=1S/C12H15NO.ClH/c14-12(8-10-4-1-2-5-10)11-6-3-7-13-9-11;/h3,6-7,9-10H,1-2,4-5,8H2;1H. The highest BCUT2D eigenvalue weighted by atomic mass is 35.5. The second kappa shape index (κ2) is 5.86. The number of pyridine rings is 1. The molecule has 0 spiro atoms. The summed E-state index contributed by atoms with van der Waals surface area (Å²) in [4.78, 5) is 15.7. The Hall–Kier alpha value is -0.890. The van der Waals surface area contributed by atoms with Crippen molar-refractivity contribution in [2.24, 2.45) is 5.92 Å². The maximum Gasteiger partial charge on any atom is 0.164 e. The summed E-state index contributed by atoms with van der Waals surface area (Å²) in [6.45, 7) is 0. The fraction of sp³-hybridized carbons (Fsp3) is 0.500. The molecule has 0 amide bonds. The zero-order valence-corrected chi connectivity index (χ0v) is 9.50. The third kappa shape index (κ3) is 3.31. The van der Waals surface area contributed by atoms with E-state index >= 15 is 0 Å². The van der Waals surface area contributed by atoms with Gasteiger partial charge in [-0.3, -0.25) is 9.78 Å². The average molecular weight is 226 g/mol. The first kappa shape index (κ1) is 12.2. The molecule has 1 aromatic heterocycles. The molecule has 2 nitrogen and oxygen atoms in total. The van der Waals surface area contributed by atoms with E-state index in [4.69, 9.17) is 0 Å². The molecule has 0 unspecified atom stereocenters. The van der Waals surface area contributed by atoms with Crippen LogP contribution in [-0.2, 0) is 0 Å². The average Bonchev–Trinajstić information content (AvgIpc) is 2.72. The van der Waals surface area contributed by atoms with E-state index in [1.54, 1.807) is 12.4 Å². The number of carbonyl (C=O) groups is 1. The minimum absolute atomic E-state index is 0. The van der Waals surface area contributed by atoms with Crippen molar-refractivity contribution >= 4 is 18.2 Å². The third-order valence-electron chi connectivity index (χ3n) is 2.93. The van der Waals surface area contributed by atoms with Crippen LogP contribution in [0.3, 0.4) is 0 Å². The van der Waals surface area contributed by atoms with Gasteiger partial charge in [0.1, 0.15) is 0 Å². The van der Waals surface area contributed by atoms with Gasteiger partial charge in [-0.25, -0.2) is 0 Å². The molecule has 1 aliphatic rings. The molecule has 0 aromatic carbocycles. The minimum Gasteiger partial charge on any atom is -0.294 e. The van der Waals surface area contributed by atoms with Gasteiger partial charge in [-0.1, -0.05) is 25.7 Å². The lowest BCUT2D eigenvalue weighted by Gasteiger charge is -2.06. The van der Waals surface area contributed by atoms with Gasteiger partial charge in [0, 0.05) is 24.4 Å². The van der Waals surface area contributed by atoms with Crippen molar-refractivity contribution in [2.75, 3.05) is 0 Å². The number of rotatable bonds is 3. The molecule has 1 saturated carbocycles. The van der Waals surface area contributed by atoms with Crippen LogP contribution in [0.5, 0.6) is 0 Å². The number of aromatic nitrogens is 1. The van der Waals surface area contributed by atoms with Gasteiger partial charge in [-0.05, 0) is 18.1 Å². The summed E-state index contributed by atoms with van der Waals surface area (Å²) in [5.41, 5.74) is 0.763. The van der Waals surface area contributed by atoms with Gasteiger partial charge < -0.3 is 0 Å². The van der Waals surface area contributed by atoms with Crippen LogP contribution in [0.1, 0.15) is 42.5 Å². The van der Waals surface area contributed by atoms with Crippen molar-refractivity contribution in [3.05, 3.63) is 30.1 Å². The Morgan fingerprint density at radius 2 is 2.13 bits per heavy atom. The van der Waals surface area contributed by atoms with E-state index in [0.29, 0.717) is 12.3 Å². The van der Waals surface area contributed by atoms with Crippen LogP contribution in [0.4, 0.5) is 0 Å². The first-order valence-corrected chi connectivity index (χ1v) is 5.29. The smallest absolute Gasteiger partial charge is 0.164 e. The van der Waals surface area contributed by atoms with Crippen LogP contribution >= 0.6 is 12.4 Å². The van der Waals surface area contributed by atoms with Gasteiger partial charge in [0.15, 0.2) is 5.78 Å². The van der Waals surface area contributed by atoms with Gasteiger partial charge in [-0.15, -0.1) is 12.4 Å². The van der Waals surface area contributed by atoms with Gasteiger partial charge in [-0.2, -0.15) is 0 Å². The summed E-state index contributed by atoms with van der Waals surface area (Å²) in [6.07, 6.45) is 9.13. The van der Waals surface area contributed by atoms with Crippen LogP contribution in [0.25, 0.3) is 0 Å². The molecule has 15 heavy (non-hydrogen) atoms. The summed E-state index contributed by atoms with van der Waals surface area (Å²) in [6, 6.07) is 3.67. The number of ketones is 1. The Bertz CT molecular complexity index is 307. The van der Waals surface area contributed by atoms with Gasteiger partial charge >= 0.3 is 0 Å². The van der Waals surface area contributed by atoms with Crippen LogP contribution in [0.2, 0.25) is 0 Å². The van der Waals surface area contributed by atoms with E-state index in [1.807, 2.05) is 12.1 Å². The maximum absolute atomic E-state index is 11.8. The Morgan fingerprint density at radius 1 is 1.40 bits per heavy atom. The normalized spacial score (nSPS) is 16.0. The molecule has 82 valence electrons. The molecular formula is C12H16ClNO. The van der Waals surface area contributed by atoms with E-state index in [-0.39, 0.29) is 18.2 Å². The molecule has 0 radical (unpaired) electrons. The zero-order chi connectivity index (χ0) is 9.80. The van der Waals surface area contributed by atoms with Crippen LogP contribution < -0.4 is 0 Å². The van der Waals surface area contributed by atoms with Crippen LogP contribution in [0, 0.1) is 5.92 Å². The molecule has 3 heteroatoms. The second-order valence-electron chi connectivity index (χ2n) is 4.02. The number of nitrogens with zero attached hydrogens (tertiary/aromatic N) is 1. The summed E-state index contributed by atoms with van der Waals surface area (Å²) in [7, 11) is 0. The summed E-state index contributed by atoms with van der Waals surface area (Å²) in [5, 5.41) is 0. The highest BCUT2D eigenvalue weighted by molar-refractivity contribution is 5.95. The van der Waals surface area contributed by atoms with E-state index in [9.17, 15) is 4.79 Å². The molecular weight excluding hydrogens is 210 g/mol. The van der Waals surface area contributed by atoms with Crippen molar-refractivity contribution in [3.8, 4) is 0 Å². The van der Waals surface area contributed by atoms with Crippen molar-refractivity contribution in [2.45, 2.75) is 32.1 Å². The Morgan fingerprint density at radius 3 is 2.73 bits per heavy atom. The lowest BCUT2D eigenvalue weighted by atomic mass is 9.98. The molecule has 0 bridgehead atoms. The van der Waals surface area contributed by atoms with Crippen LogP contribution in [0.15, 0.2) is 24.5 Å². The highest BCUT2D eigenvalue weighted by Crippen LogP contribution is 2.28. The van der Waals surface area contributed by atoms with E-state index in [1.165, 1.54) is 25.7 Å². The molecule has 1 aliphatic carbocycles. The number of hydrogen-bond acceptors (Lipinski definition) is 2.